The number of likely N-dealkylation sites (tertiary alicyclic amines) is 1. The Morgan fingerprint density at radius 1 is 0.971 bits per heavy atom. The molecule has 4 rings (SSSR count). The third-order valence-electron chi connectivity index (χ3n) is 7.14. The summed E-state index contributed by atoms with van der Waals surface area (Å²) in [5.74, 6) is -0.0923. The van der Waals surface area contributed by atoms with Crippen LogP contribution in [-0.2, 0) is 6.54 Å². The zero-order chi connectivity index (χ0) is 23.9. The van der Waals surface area contributed by atoms with Gasteiger partial charge in [0.1, 0.15) is 11.1 Å². The molecule has 3 heterocycles. The first-order valence-corrected chi connectivity index (χ1v) is 12.8. The first kappa shape index (κ1) is 24.2. The van der Waals surface area contributed by atoms with Gasteiger partial charge in [-0.25, -0.2) is 0 Å². The van der Waals surface area contributed by atoms with E-state index in [2.05, 4.69) is 17.2 Å². The molecular weight excluding hydrogens is 428 g/mol. The lowest BCUT2D eigenvalue weighted by Crippen LogP contribution is -2.42. The highest BCUT2D eigenvalue weighted by Crippen LogP contribution is 2.19. The van der Waals surface area contributed by atoms with E-state index in [9.17, 15) is 14.4 Å². The van der Waals surface area contributed by atoms with Crippen LogP contribution in [0.2, 0.25) is 0 Å². The number of pyridine rings is 2. The van der Waals surface area contributed by atoms with Gasteiger partial charge in [-0.05, 0) is 43.7 Å². The number of aromatic nitrogens is 2. The third-order valence-corrected chi connectivity index (χ3v) is 7.14. The topological polar surface area (TPSA) is 84.3 Å². The second-order valence-corrected chi connectivity index (χ2v) is 9.90. The Hall–Kier alpha value is -2.96. The Balaban J connectivity index is 1.62. The number of nitrogens with zero attached hydrogens (tertiary/aromatic N) is 3. The number of hydrogen-bond donors (Lipinski definition) is 1. The molecule has 34 heavy (non-hydrogen) atoms. The van der Waals surface area contributed by atoms with Gasteiger partial charge in [-0.1, -0.05) is 45.1 Å². The molecule has 0 atom stereocenters. The predicted molar refractivity (Wildman–Crippen MR) is 132 cm³/mol. The van der Waals surface area contributed by atoms with Crippen molar-refractivity contribution in [1.29, 1.82) is 0 Å². The van der Waals surface area contributed by atoms with E-state index in [1.165, 1.54) is 19.3 Å². The fourth-order valence-corrected chi connectivity index (χ4v) is 4.96. The summed E-state index contributed by atoms with van der Waals surface area (Å²) < 4.78 is 1.75. The van der Waals surface area contributed by atoms with E-state index in [0.29, 0.717) is 25.6 Å². The zero-order valence-electron chi connectivity index (χ0n) is 20.2. The van der Waals surface area contributed by atoms with Crippen LogP contribution in [-0.4, -0.2) is 45.4 Å². The van der Waals surface area contributed by atoms with Crippen molar-refractivity contribution in [3.05, 3.63) is 63.8 Å². The highest BCUT2D eigenvalue weighted by atomic mass is 16.2. The molecule has 7 heteroatoms. The van der Waals surface area contributed by atoms with Crippen molar-refractivity contribution in [2.24, 2.45) is 5.92 Å². The minimum atomic E-state index is -0.482. The van der Waals surface area contributed by atoms with Crippen LogP contribution in [0, 0.1) is 5.92 Å². The molecule has 0 aromatic carbocycles. The Bertz CT molecular complexity index is 1030. The van der Waals surface area contributed by atoms with E-state index in [-0.39, 0.29) is 29.0 Å². The summed E-state index contributed by atoms with van der Waals surface area (Å²) >= 11 is 0. The van der Waals surface area contributed by atoms with Crippen LogP contribution in [0.25, 0.3) is 0 Å². The summed E-state index contributed by atoms with van der Waals surface area (Å²) in [5, 5.41) is 3.09. The van der Waals surface area contributed by atoms with Crippen LogP contribution in [0.3, 0.4) is 0 Å². The molecule has 2 aliphatic rings. The molecule has 1 aliphatic heterocycles. The molecule has 0 bridgehead atoms. The maximum atomic E-state index is 13.4. The number of rotatable bonds is 5. The molecule has 1 aliphatic carbocycles. The number of hydrogen-bond acceptors (Lipinski definition) is 4. The van der Waals surface area contributed by atoms with Gasteiger partial charge in [0.05, 0.1) is 12.2 Å². The fourth-order valence-electron chi connectivity index (χ4n) is 4.96. The number of amides is 2. The Morgan fingerprint density at radius 2 is 1.65 bits per heavy atom. The van der Waals surface area contributed by atoms with E-state index in [1.807, 2.05) is 18.2 Å². The molecule has 1 saturated carbocycles. The maximum absolute atomic E-state index is 13.4. The van der Waals surface area contributed by atoms with Crippen LogP contribution < -0.4 is 10.7 Å². The van der Waals surface area contributed by atoms with Crippen LogP contribution in [0.1, 0.15) is 91.1 Å². The third kappa shape index (κ3) is 6.13. The average molecular weight is 465 g/mol. The van der Waals surface area contributed by atoms with Crippen molar-refractivity contribution in [2.75, 3.05) is 13.1 Å². The predicted octanol–water partition coefficient (Wildman–Crippen LogP) is 4.01. The minimum Gasteiger partial charge on any atom is -0.349 e. The van der Waals surface area contributed by atoms with Crippen molar-refractivity contribution >= 4 is 11.8 Å². The van der Waals surface area contributed by atoms with Crippen molar-refractivity contribution in [3.8, 4) is 0 Å². The number of piperidine rings is 1. The second-order valence-electron chi connectivity index (χ2n) is 9.90. The van der Waals surface area contributed by atoms with Gasteiger partial charge in [0.25, 0.3) is 11.8 Å². The standard InChI is InChI=1S/C27H36N4O3/c1-20-12-15-31(16-13-20)27(34)24-19-30(17-22-11-7-8-14-28-22)18-23(25(24)32)26(33)29-21-9-5-3-2-4-6-10-21/h7-8,11,14,18-21H,2-6,9-10,12-13,15-17H2,1H3,(H,29,33). The number of carbonyl (C=O) groups excluding carboxylic acids is 2. The minimum absolute atomic E-state index is 0.0363. The summed E-state index contributed by atoms with van der Waals surface area (Å²) in [4.78, 5) is 46.1. The quantitative estimate of drug-likeness (QED) is 0.725. The number of carbonyl (C=O) groups is 2. The molecule has 1 N–H and O–H groups in total. The molecule has 2 fully saturated rings. The van der Waals surface area contributed by atoms with Gasteiger partial charge in [0.2, 0.25) is 5.43 Å². The molecule has 2 aromatic heterocycles. The van der Waals surface area contributed by atoms with Gasteiger partial charge < -0.3 is 14.8 Å². The number of nitrogens with one attached hydrogen (secondary N) is 1. The van der Waals surface area contributed by atoms with Gasteiger partial charge in [-0.15, -0.1) is 0 Å². The molecule has 7 nitrogen and oxygen atoms in total. The van der Waals surface area contributed by atoms with Crippen LogP contribution in [0.4, 0.5) is 0 Å². The SMILES string of the molecule is CC1CCN(C(=O)c2cn(Cc3ccccn3)cc(C(=O)NC3CCCCCCC3)c2=O)CC1. The van der Waals surface area contributed by atoms with Gasteiger partial charge in [-0.2, -0.15) is 0 Å². The van der Waals surface area contributed by atoms with Crippen molar-refractivity contribution in [2.45, 2.75) is 77.3 Å². The van der Waals surface area contributed by atoms with Crippen LogP contribution in [0.5, 0.6) is 0 Å². The molecule has 0 unspecified atom stereocenters. The average Bonchev–Trinajstić information content (AvgIpc) is 2.82. The van der Waals surface area contributed by atoms with Crippen LogP contribution >= 0.6 is 0 Å². The fraction of sp³-hybridized carbons (Fsp3) is 0.556. The summed E-state index contributed by atoms with van der Waals surface area (Å²) in [5.41, 5.74) is 0.414. The maximum Gasteiger partial charge on any atom is 0.259 e. The highest BCUT2D eigenvalue weighted by Gasteiger charge is 2.27. The largest absolute Gasteiger partial charge is 0.349 e. The monoisotopic (exact) mass is 464 g/mol. The Morgan fingerprint density at radius 3 is 2.32 bits per heavy atom. The molecular formula is C27H36N4O3. The van der Waals surface area contributed by atoms with E-state index in [0.717, 1.165) is 44.2 Å². The van der Waals surface area contributed by atoms with Crippen molar-refractivity contribution in [3.63, 3.8) is 0 Å². The summed E-state index contributed by atoms with van der Waals surface area (Å²) in [6.07, 6.45) is 14.4. The van der Waals surface area contributed by atoms with E-state index >= 15 is 0 Å². The first-order valence-electron chi connectivity index (χ1n) is 12.8. The Kier molecular flexibility index (Phi) is 8.14. The van der Waals surface area contributed by atoms with Gasteiger partial charge in [-0.3, -0.25) is 19.4 Å². The Labute approximate surface area is 201 Å². The second kappa shape index (κ2) is 11.4. The molecule has 182 valence electrons. The molecule has 0 spiro atoms. The normalized spacial score (nSPS) is 18.2. The lowest BCUT2D eigenvalue weighted by Gasteiger charge is -2.30. The van der Waals surface area contributed by atoms with Gasteiger partial charge in [0.15, 0.2) is 0 Å². The molecule has 1 saturated heterocycles. The lowest BCUT2D eigenvalue weighted by atomic mass is 9.96. The smallest absolute Gasteiger partial charge is 0.259 e. The molecule has 2 aromatic rings. The van der Waals surface area contributed by atoms with Gasteiger partial charge >= 0.3 is 0 Å². The lowest BCUT2D eigenvalue weighted by molar-refractivity contribution is 0.0695. The zero-order valence-corrected chi connectivity index (χ0v) is 20.2. The summed E-state index contributed by atoms with van der Waals surface area (Å²) in [6, 6.07) is 5.70. The van der Waals surface area contributed by atoms with E-state index in [4.69, 9.17) is 0 Å². The van der Waals surface area contributed by atoms with Crippen molar-refractivity contribution in [1.82, 2.24) is 19.8 Å². The summed E-state index contributed by atoms with van der Waals surface area (Å²) in [6.45, 7) is 3.83. The van der Waals surface area contributed by atoms with Crippen LogP contribution in [0.15, 0.2) is 41.6 Å². The molecule has 0 radical (unpaired) electrons. The summed E-state index contributed by atoms with van der Waals surface area (Å²) in [7, 11) is 0. The molecule has 2 amide bonds. The van der Waals surface area contributed by atoms with Crippen molar-refractivity contribution < 1.29 is 9.59 Å². The highest BCUT2D eigenvalue weighted by molar-refractivity contribution is 5.99. The first-order chi connectivity index (χ1) is 16.5. The van der Waals surface area contributed by atoms with E-state index in [1.54, 1.807) is 28.1 Å². The van der Waals surface area contributed by atoms with E-state index < -0.39 is 5.43 Å². The van der Waals surface area contributed by atoms with Gasteiger partial charge in [0, 0.05) is 37.7 Å².